The molecule has 122 valence electrons. The molecule has 1 saturated heterocycles. The van der Waals surface area contributed by atoms with Gasteiger partial charge in [-0.1, -0.05) is 6.07 Å². The molecule has 8 heteroatoms. The van der Waals surface area contributed by atoms with Gasteiger partial charge in [0.2, 0.25) is 5.71 Å². The van der Waals surface area contributed by atoms with Gasteiger partial charge in [0.1, 0.15) is 6.07 Å². The normalized spacial score (nSPS) is 15.9. The van der Waals surface area contributed by atoms with Crippen molar-refractivity contribution in [2.75, 3.05) is 18.5 Å². The number of piperidine rings is 1. The Kier molecular flexibility index (Phi) is 5.21. The molecule has 0 saturated carbocycles. The van der Waals surface area contributed by atoms with Crippen molar-refractivity contribution in [2.24, 2.45) is 5.10 Å². The molecule has 23 heavy (non-hydrogen) atoms. The molecule has 0 atom stereocenters. The van der Waals surface area contributed by atoms with Crippen LogP contribution in [0.2, 0.25) is 0 Å². The number of hydrazone groups is 1. The molecule has 0 bridgehead atoms. The number of hydrogen-bond donors (Lipinski definition) is 2. The highest BCUT2D eigenvalue weighted by Gasteiger charge is 2.30. The van der Waals surface area contributed by atoms with Gasteiger partial charge in [-0.05, 0) is 37.5 Å². The van der Waals surface area contributed by atoms with Crippen LogP contribution in [0.4, 0.5) is 18.9 Å². The summed E-state index contributed by atoms with van der Waals surface area (Å²) >= 11 is 0. The van der Waals surface area contributed by atoms with Crippen LogP contribution in [0.1, 0.15) is 24.8 Å². The first-order valence-electron chi connectivity index (χ1n) is 7.17. The Hall–Kier alpha value is -2.56. The number of benzene rings is 1. The fourth-order valence-electron chi connectivity index (χ4n) is 2.28. The Morgan fingerprint density at radius 2 is 1.96 bits per heavy atom. The van der Waals surface area contributed by atoms with Gasteiger partial charge in [0.05, 0.1) is 11.3 Å². The highest BCUT2D eigenvalue weighted by Crippen LogP contribution is 2.30. The Morgan fingerprint density at radius 1 is 1.26 bits per heavy atom. The van der Waals surface area contributed by atoms with E-state index in [9.17, 15) is 13.2 Å². The smallest absolute Gasteiger partial charge is 0.355 e. The van der Waals surface area contributed by atoms with Crippen molar-refractivity contribution in [3.63, 3.8) is 0 Å². The van der Waals surface area contributed by atoms with E-state index in [2.05, 4.69) is 10.5 Å². The van der Waals surface area contributed by atoms with Crippen LogP contribution in [-0.2, 0) is 6.18 Å². The second-order valence-electron chi connectivity index (χ2n) is 5.16. The summed E-state index contributed by atoms with van der Waals surface area (Å²) in [4.78, 5) is 1.75. The first kappa shape index (κ1) is 16.8. The third-order valence-electron chi connectivity index (χ3n) is 3.49. The Morgan fingerprint density at radius 3 is 2.57 bits per heavy atom. The third-order valence-corrected chi connectivity index (χ3v) is 3.49. The van der Waals surface area contributed by atoms with Crippen LogP contribution in [0.5, 0.6) is 0 Å². The molecule has 2 rings (SSSR count). The van der Waals surface area contributed by atoms with Crippen molar-refractivity contribution in [1.82, 2.24) is 4.90 Å². The zero-order valence-corrected chi connectivity index (χ0v) is 12.3. The zero-order chi connectivity index (χ0) is 16.9. The first-order valence-corrected chi connectivity index (χ1v) is 7.17. The summed E-state index contributed by atoms with van der Waals surface area (Å²) in [5, 5.41) is 20.9. The number of amidine groups is 1. The van der Waals surface area contributed by atoms with Crippen molar-refractivity contribution < 1.29 is 13.2 Å². The molecule has 1 heterocycles. The molecule has 1 aliphatic rings. The van der Waals surface area contributed by atoms with Gasteiger partial charge in [0.15, 0.2) is 5.84 Å². The summed E-state index contributed by atoms with van der Waals surface area (Å²) in [5.74, 6) is -0.00771. The quantitative estimate of drug-likeness (QED) is 0.508. The van der Waals surface area contributed by atoms with Crippen LogP contribution in [-0.4, -0.2) is 29.5 Å². The highest BCUT2D eigenvalue weighted by atomic mass is 19.4. The van der Waals surface area contributed by atoms with Gasteiger partial charge in [-0.25, -0.2) is 0 Å². The molecule has 0 unspecified atom stereocenters. The van der Waals surface area contributed by atoms with Crippen LogP contribution in [0.3, 0.4) is 0 Å². The molecule has 0 amide bonds. The van der Waals surface area contributed by atoms with Gasteiger partial charge in [-0.2, -0.15) is 23.5 Å². The van der Waals surface area contributed by atoms with Crippen LogP contribution >= 0.6 is 0 Å². The molecule has 0 aromatic heterocycles. The van der Waals surface area contributed by atoms with E-state index in [1.54, 1.807) is 4.90 Å². The SMILES string of the molecule is N#CC(=NNc1cccc(C(F)(F)F)c1)C(=N)N1CCCCC1. The monoisotopic (exact) mass is 323 g/mol. The van der Waals surface area contributed by atoms with Gasteiger partial charge in [-0.3, -0.25) is 10.8 Å². The maximum atomic E-state index is 12.6. The lowest BCUT2D eigenvalue weighted by atomic mass is 10.1. The lowest BCUT2D eigenvalue weighted by Crippen LogP contribution is -2.39. The summed E-state index contributed by atoms with van der Waals surface area (Å²) in [5.41, 5.74) is 1.58. The Bertz CT molecular complexity index is 639. The van der Waals surface area contributed by atoms with E-state index in [1.165, 1.54) is 12.1 Å². The molecule has 0 spiro atoms. The van der Waals surface area contributed by atoms with Crippen molar-refractivity contribution in [1.29, 1.82) is 10.7 Å². The molecule has 0 radical (unpaired) electrons. The molecule has 1 aromatic rings. The number of anilines is 1. The number of nitriles is 1. The van der Waals surface area contributed by atoms with Gasteiger partial charge in [0.25, 0.3) is 0 Å². The van der Waals surface area contributed by atoms with Crippen molar-refractivity contribution in [2.45, 2.75) is 25.4 Å². The highest BCUT2D eigenvalue weighted by molar-refractivity contribution is 6.46. The average molecular weight is 323 g/mol. The maximum absolute atomic E-state index is 12.6. The lowest BCUT2D eigenvalue weighted by Gasteiger charge is -2.27. The number of hydrogen-bond acceptors (Lipinski definition) is 4. The van der Waals surface area contributed by atoms with E-state index < -0.39 is 11.7 Å². The summed E-state index contributed by atoms with van der Waals surface area (Å²) in [6.45, 7) is 1.37. The fourth-order valence-corrected chi connectivity index (χ4v) is 2.28. The second-order valence-corrected chi connectivity index (χ2v) is 5.16. The summed E-state index contributed by atoms with van der Waals surface area (Å²) in [6.07, 6.45) is -1.46. The van der Waals surface area contributed by atoms with E-state index >= 15 is 0 Å². The number of rotatable bonds is 3. The molecule has 1 fully saturated rings. The van der Waals surface area contributed by atoms with Crippen molar-refractivity contribution in [3.8, 4) is 6.07 Å². The number of likely N-dealkylation sites (tertiary alicyclic amines) is 1. The minimum Gasteiger partial charge on any atom is -0.355 e. The van der Waals surface area contributed by atoms with E-state index in [1.807, 2.05) is 6.07 Å². The summed E-state index contributed by atoms with van der Waals surface area (Å²) in [6, 6.07) is 6.34. The van der Waals surface area contributed by atoms with Gasteiger partial charge >= 0.3 is 6.18 Å². The predicted octanol–water partition coefficient (Wildman–Crippen LogP) is 3.46. The lowest BCUT2D eigenvalue weighted by molar-refractivity contribution is -0.137. The fraction of sp³-hybridized carbons (Fsp3) is 0.400. The molecule has 0 aliphatic carbocycles. The van der Waals surface area contributed by atoms with Gasteiger partial charge < -0.3 is 4.90 Å². The summed E-state index contributed by atoms with van der Waals surface area (Å²) in [7, 11) is 0. The standard InChI is InChI=1S/C15H16F3N5/c16-15(17,18)11-5-4-6-12(9-11)21-22-13(10-19)14(20)23-7-2-1-3-8-23/h4-6,9,20-21H,1-3,7-8H2. The van der Waals surface area contributed by atoms with E-state index in [4.69, 9.17) is 10.7 Å². The van der Waals surface area contributed by atoms with Gasteiger partial charge in [-0.15, -0.1) is 0 Å². The number of nitrogens with one attached hydrogen (secondary N) is 2. The van der Waals surface area contributed by atoms with Crippen LogP contribution in [0, 0.1) is 16.7 Å². The molecular formula is C15H16F3N5. The number of nitrogens with zero attached hydrogens (tertiary/aromatic N) is 3. The van der Waals surface area contributed by atoms with E-state index in [0.717, 1.165) is 31.4 Å². The second kappa shape index (κ2) is 7.13. The van der Waals surface area contributed by atoms with E-state index in [-0.39, 0.29) is 17.2 Å². The van der Waals surface area contributed by atoms with Crippen molar-refractivity contribution >= 4 is 17.2 Å². The molecule has 1 aromatic carbocycles. The third kappa shape index (κ3) is 4.45. The minimum atomic E-state index is -4.44. The number of halogens is 3. The largest absolute Gasteiger partial charge is 0.416 e. The maximum Gasteiger partial charge on any atom is 0.416 e. The molecular weight excluding hydrogens is 307 g/mol. The van der Waals surface area contributed by atoms with Crippen LogP contribution in [0.25, 0.3) is 0 Å². The Labute approximate surface area is 131 Å². The first-order chi connectivity index (χ1) is 10.9. The van der Waals surface area contributed by atoms with Crippen LogP contribution in [0.15, 0.2) is 29.4 Å². The molecule has 2 N–H and O–H groups in total. The topological polar surface area (TPSA) is 75.3 Å². The minimum absolute atomic E-state index is 0.00771. The summed E-state index contributed by atoms with van der Waals surface area (Å²) < 4.78 is 37.9. The van der Waals surface area contributed by atoms with Crippen molar-refractivity contribution in [3.05, 3.63) is 29.8 Å². The number of alkyl halides is 3. The van der Waals surface area contributed by atoms with E-state index in [0.29, 0.717) is 13.1 Å². The Balaban J connectivity index is 2.10. The average Bonchev–Trinajstić information content (AvgIpc) is 2.55. The molecule has 5 nitrogen and oxygen atoms in total. The van der Waals surface area contributed by atoms with Crippen LogP contribution < -0.4 is 5.43 Å². The van der Waals surface area contributed by atoms with Gasteiger partial charge in [0, 0.05) is 13.1 Å². The zero-order valence-electron chi connectivity index (χ0n) is 12.3. The predicted molar refractivity (Wildman–Crippen MR) is 81.3 cm³/mol. The molecule has 1 aliphatic heterocycles.